The summed E-state index contributed by atoms with van der Waals surface area (Å²) in [6, 6.07) is 12.9. The van der Waals surface area contributed by atoms with Gasteiger partial charge >= 0.3 is 0 Å². The third-order valence-electron chi connectivity index (χ3n) is 4.05. The van der Waals surface area contributed by atoms with Gasteiger partial charge in [0.2, 0.25) is 10.0 Å². The monoisotopic (exact) mass is 439 g/mol. The first-order valence-electron chi connectivity index (χ1n) is 8.81. The molecular weight excluding hydrogens is 413 g/mol. The van der Waals surface area contributed by atoms with Crippen LogP contribution < -0.4 is 20.5 Å². The highest BCUT2D eigenvalue weighted by atomic mass is 32.2. The normalized spacial score (nSPS) is 11.8. The second kappa shape index (κ2) is 9.02. The second-order valence-corrected chi connectivity index (χ2v) is 14.9. The number of anilines is 1. The first kappa shape index (κ1) is 22.3. The van der Waals surface area contributed by atoms with Crippen molar-refractivity contribution in [1.82, 2.24) is 10.6 Å². The molecule has 0 fully saturated rings. The standard InChI is InChI=1S/C19H26FN3O2S2Si/c1-27(24,25)23-18-10-7-15(11-17(18)20)13-22-19(26)21-12-14-5-8-16(9-6-14)28(2,3)4/h5-11,23H,12-13H2,1-4H3,(H2,21,22,26). The third-order valence-corrected chi connectivity index (χ3v) is 7.00. The minimum atomic E-state index is -3.52. The molecule has 0 aliphatic rings. The largest absolute Gasteiger partial charge is 0.359 e. The predicted octanol–water partition coefficient (Wildman–Crippen LogP) is 2.91. The van der Waals surface area contributed by atoms with E-state index in [0.717, 1.165) is 11.8 Å². The summed E-state index contributed by atoms with van der Waals surface area (Å²) in [6.07, 6.45) is 0.977. The van der Waals surface area contributed by atoms with Crippen LogP contribution >= 0.6 is 12.2 Å². The van der Waals surface area contributed by atoms with E-state index in [1.54, 1.807) is 6.07 Å². The zero-order chi connectivity index (χ0) is 20.9. The van der Waals surface area contributed by atoms with Gasteiger partial charge in [0, 0.05) is 13.1 Å². The zero-order valence-electron chi connectivity index (χ0n) is 16.5. The van der Waals surface area contributed by atoms with E-state index < -0.39 is 23.9 Å². The number of rotatable bonds is 7. The summed E-state index contributed by atoms with van der Waals surface area (Å²) in [5, 5.41) is 8.03. The summed E-state index contributed by atoms with van der Waals surface area (Å²) in [6.45, 7) is 7.86. The van der Waals surface area contributed by atoms with Crippen LogP contribution in [-0.2, 0) is 23.1 Å². The summed E-state index contributed by atoms with van der Waals surface area (Å²) in [7, 11) is -4.82. The Morgan fingerprint density at radius 2 is 1.54 bits per heavy atom. The van der Waals surface area contributed by atoms with E-state index in [-0.39, 0.29) is 5.69 Å². The maximum absolute atomic E-state index is 14.0. The summed E-state index contributed by atoms with van der Waals surface area (Å²) >= 11 is 5.27. The highest BCUT2D eigenvalue weighted by molar-refractivity contribution is 7.92. The van der Waals surface area contributed by atoms with Crippen molar-refractivity contribution in [2.24, 2.45) is 0 Å². The highest BCUT2D eigenvalue weighted by Crippen LogP contribution is 2.16. The van der Waals surface area contributed by atoms with Crippen molar-refractivity contribution < 1.29 is 12.8 Å². The van der Waals surface area contributed by atoms with E-state index in [4.69, 9.17) is 12.2 Å². The molecule has 0 unspecified atom stereocenters. The molecule has 0 saturated carbocycles. The quantitative estimate of drug-likeness (QED) is 0.457. The molecule has 0 heterocycles. The number of hydrogen-bond acceptors (Lipinski definition) is 3. The molecule has 2 rings (SSSR count). The lowest BCUT2D eigenvalue weighted by Gasteiger charge is -2.17. The van der Waals surface area contributed by atoms with Gasteiger partial charge < -0.3 is 10.6 Å². The van der Waals surface area contributed by atoms with E-state index in [1.165, 1.54) is 17.3 Å². The number of benzene rings is 2. The molecule has 9 heteroatoms. The molecule has 0 radical (unpaired) electrons. The molecule has 0 amide bonds. The van der Waals surface area contributed by atoms with Crippen LogP contribution in [0.15, 0.2) is 42.5 Å². The Kier molecular flexibility index (Phi) is 7.19. The van der Waals surface area contributed by atoms with E-state index in [2.05, 4.69) is 59.3 Å². The van der Waals surface area contributed by atoms with Crippen molar-refractivity contribution >= 4 is 46.3 Å². The summed E-state index contributed by atoms with van der Waals surface area (Å²) in [5.41, 5.74) is 1.71. The fourth-order valence-corrected chi connectivity index (χ4v) is 4.38. The SMILES string of the molecule is C[Si](C)(C)c1ccc(CNC(=S)NCc2ccc(NS(C)(=O)=O)c(F)c2)cc1. The van der Waals surface area contributed by atoms with Crippen LogP contribution in [0.2, 0.25) is 19.6 Å². The van der Waals surface area contributed by atoms with Crippen molar-refractivity contribution in [3.8, 4) is 0 Å². The number of nitrogens with one attached hydrogen (secondary N) is 3. The summed E-state index contributed by atoms with van der Waals surface area (Å²) in [5.74, 6) is -0.633. The minimum absolute atomic E-state index is 0.0753. The molecule has 0 atom stereocenters. The zero-order valence-corrected chi connectivity index (χ0v) is 19.1. The van der Waals surface area contributed by atoms with Crippen LogP contribution in [0, 0.1) is 5.82 Å². The molecule has 0 saturated heterocycles. The molecule has 3 N–H and O–H groups in total. The molecule has 0 spiro atoms. The fourth-order valence-electron chi connectivity index (χ4n) is 2.50. The van der Waals surface area contributed by atoms with Gasteiger partial charge in [0.1, 0.15) is 5.82 Å². The van der Waals surface area contributed by atoms with Crippen molar-refractivity contribution in [3.63, 3.8) is 0 Å². The van der Waals surface area contributed by atoms with Gasteiger partial charge in [-0.3, -0.25) is 4.72 Å². The maximum atomic E-state index is 14.0. The Balaban J connectivity index is 1.85. The Morgan fingerprint density at radius 3 is 2.04 bits per heavy atom. The van der Waals surface area contributed by atoms with Gasteiger partial charge in [-0.25, -0.2) is 12.8 Å². The number of sulfonamides is 1. The summed E-state index contributed by atoms with van der Waals surface area (Å²) in [4.78, 5) is 0. The van der Waals surface area contributed by atoms with Crippen LogP contribution in [0.3, 0.4) is 0 Å². The lowest BCUT2D eigenvalue weighted by Crippen LogP contribution is -2.37. The average Bonchev–Trinajstić information content (AvgIpc) is 2.59. The lowest BCUT2D eigenvalue weighted by molar-refractivity contribution is 0.603. The van der Waals surface area contributed by atoms with Crippen molar-refractivity contribution in [2.75, 3.05) is 11.0 Å². The highest BCUT2D eigenvalue weighted by Gasteiger charge is 2.15. The predicted molar refractivity (Wildman–Crippen MR) is 121 cm³/mol. The van der Waals surface area contributed by atoms with E-state index >= 15 is 0 Å². The minimum Gasteiger partial charge on any atom is -0.359 e. The van der Waals surface area contributed by atoms with Crippen molar-refractivity contribution in [3.05, 3.63) is 59.4 Å². The van der Waals surface area contributed by atoms with Crippen LogP contribution in [-0.4, -0.2) is 27.9 Å². The van der Waals surface area contributed by atoms with Gasteiger partial charge in [-0.15, -0.1) is 0 Å². The molecule has 0 aliphatic carbocycles. The number of halogens is 1. The van der Waals surface area contributed by atoms with Gasteiger partial charge in [-0.05, 0) is 35.5 Å². The molecule has 5 nitrogen and oxygen atoms in total. The molecule has 2 aromatic carbocycles. The van der Waals surface area contributed by atoms with Gasteiger partial charge in [0.15, 0.2) is 5.11 Å². The number of hydrogen-bond donors (Lipinski definition) is 3. The average molecular weight is 440 g/mol. The molecule has 0 aliphatic heterocycles. The molecular formula is C19H26FN3O2S2Si. The van der Waals surface area contributed by atoms with E-state index in [0.29, 0.717) is 23.8 Å². The fraction of sp³-hybridized carbons (Fsp3) is 0.316. The van der Waals surface area contributed by atoms with Gasteiger partial charge in [-0.1, -0.05) is 55.2 Å². The summed E-state index contributed by atoms with van der Waals surface area (Å²) < 4.78 is 38.5. The first-order chi connectivity index (χ1) is 12.9. The van der Waals surface area contributed by atoms with Crippen LogP contribution in [0.4, 0.5) is 10.1 Å². The molecule has 152 valence electrons. The van der Waals surface area contributed by atoms with E-state index in [1.807, 2.05) is 0 Å². The first-order valence-corrected chi connectivity index (χ1v) is 14.6. The van der Waals surface area contributed by atoms with Gasteiger partial charge in [-0.2, -0.15) is 0 Å². The second-order valence-electron chi connectivity index (χ2n) is 7.67. The van der Waals surface area contributed by atoms with Crippen molar-refractivity contribution in [1.29, 1.82) is 0 Å². The Morgan fingerprint density at radius 1 is 1.00 bits per heavy atom. The van der Waals surface area contributed by atoms with Crippen LogP contribution in [0.1, 0.15) is 11.1 Å². The van der Waals surface area contributed by atoms with Crippen LogP contribution in [0.25, 0.3) is 0 Å². The Labute approximate surface area is 172 Å². The van der Waals surface area contributed by atoms with Crippen LogP contribution in [0.5, 0.6) is 0 Å². The van der Waals surface area contributed by atoms with Gasteiger partial charge in [0.05, 0.1) is 20.0 Å². The maximum Gasteiger partial charge on any atom is 0.229 e. The Bertz CT molecular complexity index is 943. The van der Waals surface area contributed by atoms with Gasteiger partial charge in [0.25, 0.3) is 0 Å². The Hall–Kier alpha value is -1.97. The number of thiocarbonyl (C=S) groups is 1. The molecule has 0 bridgehead atoms. The lowest BCUT2D eigenvalue weighted by atomic mass is 10.2. The van der Waals surface area contributed by atoms with E-state index in [9.17, 15) is 12.8 Å². The van der Waals surface area contributed by atoms with Crippen molar-refractivity contribution in [2.45, 2.75) is 32.7 Å². The third kappa shape index (κ3) is 7.21. The molecule has 2 aromatic rings. The molecule has 28 heavy (non-hydrogen) atoms. The topological polar surface area (TPSA) is 70.2 Å². The molecule has 0 aromatic heterocycles. The smallest absolute Gasteiger partial charge is 0.229 e.